The van der Waals surface area contributed by atoms with Gasteiger partial charge in [-0.2, -0.15) is 4.99 Å². The first-order chi connectivity index (χ1) is 16.6. The highest BCUT2D eigenvalue weighted by atomic mass is 32.2. The molecule has 0 bridgehead atoms. The smallest absolute Gasteiger partial charge is 0.262 e. The van der Waals surface area contributed by atoms with Crippen molar-refractivity contribution in [3.63, 3.8) is 0 Å². The Balaban J connectivity index is 1.17. The van der Waals surface area contributed by atoms with Crippen LogP contribution in [-0.4, -0.2) is 51.1 Å². The molecule has 3 aromatic rings. The van der Waals surface area contributed by atoms with Crippen LogP contribution in [0.4, 0.5) is 11.4 Å². The summed E-state index contributed by atoms with van der Waals surface area (Å²) in [5.41, 5.74) is 2.51. The second-order valence-electron chi connectivity index (χ2n) is 8.19. The highest BCUT2D eigenvalue weighted by Gasteiger charge is 2.33. The van der Waals surface area contributed by atoms with Crippen LogP contribution in [0.25, 0.3) is 10.9 Å². The van der Waals surface area contributed by atoms with E-state index in [-0.39, 0.29) is 24.1 Å². The third kappa shape index (κ3) is 4.79. The number of carbonyl (C=O) groups is 3. The fourth-order valence-corrected chi connectivity index (χ4v) is 5.16. The van der Waals surface area contributed by atoms with E-state index in [1.807, 2.05) is 30.3 Å². The number of fused-ring (bicyclic) bond motifs is 1. The van der Waals surface area contributed by atoms with E-state index >= 15 is 0 Å². The fourth-order valence-electron chi connectivity index (χ4n) is 4.05. The predicted octanol–water partition coefficient (Wildman–Crippen LogP) is 3.91. The molecule has 8 nitrogen and oxygen atoms in total. The molecule has 172 valence electrons. The topological polar surface area (TPSA) is 104 Å². The molecule has 2 N–H and O–H groups in total. The Morgan fingerprint density at radius 3 is 2.59 bits per heavy atom. The second kappa shape index (κ2) is 9.64. The van der Waals surface area contributed by atoms with E-state index in [9.17, 15) is 14.4 Å². The summed E-state index contributed by atoms with van der Waals surface area (Å²) in [5.74, 6) is -0.768. The number of carbonyl (C=O) groups excluding carboxylic acids is 3. The van der Waals surface area contributed by atoms with Crippen molar-refractivity contribution in [2.24, 2.45) is 4.99 Å². The normalized spacial score (nSPS) is 17.6. The molecule has 3 amide bonds. The Bertz CT molecular complexity index is 1280. The lowest BCUT2D eigenvalue weighted by atomic mass is 10.1. The second-order valence-corrected chi connectivity index (χ2v) is 9.36. The van der Waals surface area contributed by atoms with Crippen molar-refractivity contribution in [1.82, 2.24) is 9.88 Å². The van der Waals surface area contributed by atoms with Gasteiger partial charge in [0.15, 0.2) is 5.17 Å². The molecule has 0 radical (unpaired) electrons. The third-order valence-corrected chi connectivity index (χ3v) is 7.01. The van der Waals surface area contributed by atoms with Crippen molar-refractivity contribution in [1.29, 1.82) is 0 Å². The van der Waals surface area contributed by atoms with Crippen molar-refractivity contribution in [3.05, 3.63) is 66.4 Å². The van der Waals surface area contributed by atoms with E-state index in [0.717, 1.165) is 42.0 Å². The van der Waals surface area contributed by atoms with Gasteiger partial charge >= 0.3 is 0 Å². The predicted molar refractivity (Wildman–Crippen MR) is 134 cm³/mol. The van der Waals surface area contributed by atoms with Gasteiger partial charge in [-0.25, -0.2) is 0 Å². The van der Waals surface area contributed by atoms with E-state index in [1.165, 1.54) is 11.8 Å². The van der Waals surface area contributed by atoms with Crippen LogP contribution in [0.1, 0.15) is 29.6 Å². The quantitative estimate of drug-likeness (QED) is 0.582. The number of hydrogen-bond acceptors (Lipinski definition) is 6. The summed E-state index contributed by atoms with van der Waals surface area (Å²) < 4.78 is 0. The van der Waals surface area contributed by atoms with Crippen LogP contribution in [0.3, 0.4) is 0 Å². The summed E-state index contributed by atoms with van der Waals surface area (Å²) in [7, 11) is 0. The van der Waals surface area contributed by atoms with Crippen LogP contribution >= 0.6 is 11.8 Å². The largest absolute Gasteiger partial charge is 0.351 e. The number of nitrogens with zero attached hydrogens (tertiary/aromatic N) is 3. The molecule has 2 aliphatic heterocycles. The Hall–Kier alpha value is -3.72. The monoisotopic (exact) mass is 473 g/mol. The maximum Gasteiger partial charge on any atom is 0.262 e. The summed E-state index contributed by atoms with van der Waals surface area (Å²) in [6, 6.07) is 15.9. The van der Waals surface area contributed by atoms with Crippen molar-refractivity contribution in [3.8, 4) is 0 Å². The van der Waals surface area contributed by atoms with E-state index in [1.54, 1.807) is 30.5 Å². The maximum absolute atomic E-state index is 12.7. The molecule has 1 unspecified atom stereocenters. The van der Waals surface area contributed by atoms with Crippen LogP contribution in [0.2, 0.25) is 0 Å². The average Bonchev–Trinajstić information content (AvgIpc) is 3.50. The first-order valence-electron chi connectivity index (χ1n) is 11.2. The number of thioether (sulfide) groups is 1. The van der Waals surface area contributed by atoms with Gasteiger partial charge in [-0.05, 0) is 61.4 Å². The van der Waals surface area contributed by atoms with Crippen molar-refractivity contribution in [2.75, 3.05) is 23.7 Å². The van der Waals surface area contributed by atoms with Crippen LogP contribution in [0, 0.1) is 0 Å². The molecule has 0 spiro atoms. The molecule has 0 saturated carbocycles. The number of likely N-dealkylation sites (tertiary alicyclic amines) is 1. The summed E-state index contributed by atoms with van der Waals surface area (Å²) in [6.07, 6.45) is 3.97. The Labute approximate surface area is 200 Å². The van der Waals surface area contributed by atoms with Gasteiger partial charge in [-0.15, -0.1) is 0 Å². The molecule has 5 rings (SSSR count). The number of nitrogens with one attached hydrogen (secondary N) is 2. The van der Waals surface area contributed by atoms with E-state index in [2.05, 4.69) is 25.5 Å². The number of pyridine rings is 1. The number of aliphatic imine (C=N–C) groups is 1. The summed E-state index contributed by atoms with van der Waals surface area (Å²) in [4.78, 5) is 48.0. The minimum Gasteiger partial charge on any atom is -0.351 e. The van der Waals surface area contributed by atoms with Crippen LogP contribution in [0.5, 0.6) is 0 Å². The van der Waals surface area contributed by atoms with Crippen LogP contribution in [0.15, 0.2) is 65.8 Å². The number of rotatable bonds is 5. The van der Waals surface area contributed by atoms with Gasteiger partial charge in [-0.3, -0.25) is 19.4 Å². The number of benzene rings is 2. The van der Waals surface area contributed by atoms with Gasteiger partial charge in [0.1, 0.15) is 5.25 Å². The molecule has 1 aromatic heterocycles. The van der Waals surface area contributed by atoms with Gasteiger partial charge in [0.2, 0.25) is 5.91 Å². The zero-order valence-corrected chi connectivity index (χ0v) is 19.2. The van der Waals surface area contributed by atoms with Crippen LogP contribution < -0.4 is 10.6 Å². The minimum atomic E-state index is -0.490. The standard InChI is InChI=1S/C25H23N5O3S/c31-22(15-21-24(33)29-25(34-21)30-13-1-2-14-30)27-17-10-8-16(9-11-17)23(32)28-20-7-3-6-19-18(20)5-4-12-26-19/h3-12,21H,1-2,13-15H2,(H,27,31)(H,28,32). The van der Waals surface area contributed by atoms with Gasteiger partial charge < -0.3 is 15.5 Å². The lowest BCUT2D eigenvalue weighted by Gasteiger charge is -2.16. The molecule has 0 aliphatic carbocycles. The summed E-state index contributed by atoms with van der Waals surface area (Å²) in [6.45, 7) is 1.82. The molecule has 1 fully saturated rings. The highest BCUT2D eigenvalue weighted by Crippen LogP contribution is 2.29. The lowest BCUT2D eigenvalue weighted by Crippen LogP contribution is -2.25. The molecule has 2 aliphatic rings. The van der Waals surface area contributed by atoms with Crippen molar-refractivity contribution >= 4 is 56.9 Å². The van der Waals surface area contributed by atoms with Gasteiger partial charge in [0, 0.05) is 42.3 Å². The first kappa shape index (κ1) is 22.1. The lowest BCUT2D eigenvalue weighted by molar-refractivity contribution is -0.121. The molecule has 1 atom stereocenters. The van der Waals surface area contributed by atoms with Gasteiger partial charge in [0.25, 0.3) is 11.8 Å². The number of amidine groups is 1. The Kier molecular flexibility index (Phi) is 6.27. The molecule has 3 heterocycles. The molecular formula is C25H23N5O3S. The fraction of sp³-hybridized carbons (Fsp3) is 0.240. The number of anilines is 2. The van der Waals surface area contributed by atoms with Gasteiger partial charge in [-0.1, -0.05) is 17.8 Å². The third-order valence-electron chi connectivity index (χ3n) is 5.80. The van der Waals surface area contributed by atoms with Crippen molar-refractivity contribution in [2.45, 2.75) is 24.5 Å². The van der Waals surface area contributed by atoms with Gasteiger partial charge in [0.05, 0.1) is 11.2 Å². The SMILES string of the molecule is O=C(CC1SC(N2CCCC2)=NC1=O)Nc1ccc(C(=O)Nc2cccc3ncccc23)cc1. The molecular weight excluding hydrogens is 450 g/mol. The van der Waals surface area contributed by atoms with E-state index in [4.69, 9.17) is 0 Å². The molecule has 34 heavy (non-hydrogen) atoms. The zero-order chi connectivity index (χ0) is 23.5. The van der Waals surface area contributed by atoms with E-state index in [0.29, 0.717) is 16.9 Å². The zero-order valence-electron chi connectivity index (χ0n) is 18.4. The molecule has 1 saturated heterocycles. The summed E-state index contributed by atoms with van der Waals surface area (Å²) >= 11 is 1.37. The molecule has 9 heteroatoms. The first-order valence-corrected chi connectivity index (χ1v) is 12.0. The number of aromatic nitrogens is 1. The van der Waals surface area contributed by atoms with E-state index < -0.39 is 5.25 Å². The van der Waals surface area contributed by atoms with Crippen LogP contribution in [-0.2, 0) is 9.59 Å². The highest BCUT2D eigenvalue weighted by molar-refractivity contribution is 8.15. The average molecular weight is 474 g/mol. The Morgan fingerprint density at radius 2 is 1.79 bits per heavy atom. The summed E-state index contributed by atoms with van der Waals surface area (Å²) in [5, 5.41) is 6.83. The number of amides is 3. The minimum absolute atomic E-state index is 0.0572. The van der Waals surface area contributed by atoms with Crippen molar-refractivity contribution < 1.29 is 14.4 Å². The number of hydrogen-bond donors (Lipinski definition) is 2. The maximum atomic E-state index is 12.7. The Morgan fingerprint density at radius 1 is 1.00 bits per heavy atom. The molecule has 2 aromatic carbocycles.